The van der Waals surface area contributed by atoms with E-state index in [9.17, 15) is 9.59 Å². The fraction of sp³-hybridized carbons (Fsp3) is 0.211. The van der Waals surface area contributed by atoms with Crippen LogP contribution in [0.3, 0.4) is 0 Å². The van der Waals surface area contributed by atoms with E-state index in [0.717, 1.165) is 5.56 Å². The highest BCUT2D eigenvalue weighted by Crippen LogP contribution is 2.12. The molecule has 0 unspecified atom stereocenters. The molecule has 2 rings (SSSR count). The molecule has 0 saturated heterocycles. The zero-order chi connectivity index (χ0) is 18.2. The van der Waals surface area contributed by atoms with Crippen LogP contribution < -0.4 is 10.1 Å². The molecule has 0 aromatic heterocycles. The standard InChI is InChI=1S/C19H19N3O3/c1-14-6-8-16(9-7-14)21-18(23)12-22(2)19(24)13-25-17-5-3-4-15(10-17)11-20/h3-10H,12-13H2,1-2H3,(H,21,23). The van der Waals surface area contributed by atoms with Crippen LogP contribution in [-0.4, -0.2) is 36.9 Å². The van der Waals surface area contributed by atoms with Crippen LogP contribution in [0.1, 0.15) is 11.1 Å². The maximum atomic E-state index is 12.1. The van der Waals surface area contributed by atoms with E-state index in [2.05, 4.69) is 5.32 Å². The predicted octanol–water partition coefficient (Wildman–Crippen LogP) is 2.34. The molecule has 1 N–H and O–H groups in total. The number of aryl methyl sites for hydroxylation is 1. The Bertz CT molecular complexity index is 794. The van der Waals surface area contributed by atoms with Gasteiger partial charge in [-0.3, -0.25) is 9.59 Å². The number of ether oxygens (including phenoxy) is 1. The molecule has 0 heterocycles. The van der Waals surface area contributed by atoms with Gasteiger partial charge in [0.2, 0.25) is 5.91 Å². The number of carbonyl (C=O) groups is 2. The van der Waals surface area contributed by atoms with Gasteiger partial charge in [-0.1, -0.05) is 23.8 Å². The smallest absolute Gasteiger partial charge is 0.260 e. The quantitative estimate of drug-likeness (QED) is 0.877. The van der Waals surface area contributed by atoms with Gasteiger partial charge in [-0.25, -0.2) is 0 Å². The van der Waals surface area contributed by atoms with Crippen LogP contribution in [0.2, 0.25) is 0 Å². The third-order valence-corrected chi connectivity index (χ3v) is 3.47. The molecule has 6 heteroatoms. The van der Waals surface area contributed by atoms with Gasteiger partial charge in [0.1, 0.15) is 5.75 Å². The topological polar surface area (TPSA) is 82.4 Å². The molecule has 25 heavy (non-hydrogen) atoms. The first-order chi connectivity index (χ1) is 12.0. The molecule has 0 aliphatic rings. The van der Waals surface area contributed by atoms with Gasteiger partial charge in [0, 0.05) is 12.7 Å². The summed E-state index contributed by atoms with van der Waals surface area (Å²) in [4.78, 5) is 25.3. The number of hydrogen-bond donors (Lipinski definition) is 1. The molecular weight excluding hydrogens is 318 g/mol. The van der Waals surface area contributed by atoms with E-state index in [0.29, 0.717) is 17.0 Å². The average molecular weight is 337 g/mol. The van der Waals surface area contributed by atoms with Crippen LogP contribution in [0.4, 0.5) is 5.69 Å². The molecular formula is C19H19N3O3. The van der Waals surface area contributed by atoms with Crippen LogP contribution in [0.15, 0.2) is 48.5 Å². The van der Waals surface area contributed by atoms with E-state index < -0.39 is 0 Å². The Morgan fingerprint density at radius 1 is 1.20 bits per heavy atom. The van der Waals surface area contributed by atoms with Crippen molar-refractivity contribution in [3.8, 4) is 11.8 Å². The number of anilines is 1. The van der Waals surface area contributed by atoms with Crippen LogP contribution >= 0.6 is 0 Å². The Morgan fingerprint density at radius 2 is 1.92 bits per heavy atom. The summed E-state index contributed by atoms with van der Waals surface area (Å²) >= 11 is 0. The summed E-state index contributed by atoms with van der Waals surface area (Å²) in [7, 11) is 1.53. The predicted molar refractivity (Wildman–Crippen MR) is 94.1 cm³/mol. The van der Waals surface area contributed by atoms with Gasteiger partial charge >= 0.3 is 0 Å². The molecule has 0 spiro atoms. The number of nitriles is 1. The molecule has 2 amide bonds. The van der Waals surface area contributed by atoms with Crippen LogP contribution in [0, 0.1) is 18.3 Å². The van der Waals surface area contributed by atoms with Gasteiger partial charge in [0.15, 0.2) is 6.61 Å². The molecule has 2 aromatic carbocycles. The highest BCUT2D eigenvalue weighted by molar-refractivity contribution is 5.94. The summed E-state index contributed by atoms with van der Waals surface area (Å²) in [6, 6.07) is 16.0. The number of benzene rings is 2. The third kappa shape index (κ3) is 5.66. The number of hydrogen-bond acceptors (Lipinski definition) is 4. The highest BCUT2D eigenvalue weighted by Gasteiger charge is 2.14. The normalized spacial score (nSPS) is 9.80. The number of likely N-dealkylation sites (N-methyl/N-ethyl adjacent to an activating group) is 1. The Hall–Kier alpha value is -3.33. The van der Waals surface area contributed by atoms with Crippen LogP contribution in [0.25, 0.3) is 0 Å². The second kappa shape index (κ2) is 8.50. The maximum absolute atomic E-state index is 12.1. The van der Waals surface area contributed by atoms with E-state index >= 15 is 0 Å². The molecule has 128 valence electrons. The molecule has 0 saturated carbocycles. The summed E-state index contributed by atoms with van der Waals surface area (Å²) in [6.45, 7) is 1.68. The van der Waals surface area contributed by atoms with Crippen LogP contribution in [-0.2, 0) is 9.59 Å². The lowest BCUT2D eigenvalue weighted by Gasteiger charge is -2.17. The second-order valence-electron chi connectivity index (χ2n) is 5.59. The van der Waals surface area contributed by atoms with Crippen molar-refractivity contribution in [2.75, 3.05) is 25.5 Å². The Balaban J connectivity index is 1.82. The fourth-order valence-electron chi connectivity index (χ4n) is 2.05. The van der Waals surface area contributed by atoms with Crippen molar-refractivity contribution in [1.82, 2.24) is 4.90 Å². The van der Waals surface area contributed by atoms with Crippen molar-refractivity contribution in [1.29, 1.82) is 5.26 Å². The van der Waals surface area contributed by atoms with Gasteiger partial charge in [-0.2, -0.15) is 5.26 Å². The van der Waals surface area contributed by atoms with Crippen molar-refractivity contribution >= 4 is 17.5 Å². The molecule has 0 aliphatic carbocycles. The molecule has 2 aromatic rings. The van der Waals surface area contributed by atoms with E-state index in [4.69, 9.17) is 10.00 Å². The monoisotopic (exact) mass is 337 g/mol. The van der Waals surface area contributed by atoms with Crippen molar-refractivity contribution in [2.45, 2.75) is 6.92 Å². The minimum Gasteiger partial charge on any atom is -0.484 e. The molecule has 0 radical (unpaired) electrons. The van der Waals surface area contributed by atoms with E-state index in [1.165, 1.54) is 11.9 Å². The zero-order valence-electron chi connectivity index (χ0n) is 14.2. The Kier molecular flexibility index (Phi) is 6.13. The minimum atomic E-state index is -0.332. The molecule has 0 aliphatic heterocycles. The molecule has 0 atom stereocenters. The second-order valence-corrected chi connectivity index (χ2v) is 5.59. The lowest BCUT2D eigenvalue weighted by atomic mass is 10.2. The number of rotatable bonds is 6. The maximum Gasteiger partial charge on any atom is 0.260 e. The number of amides is 2. The lowest BCUT2D eigenvalue weighted by molar-refractivity contribution is -0.135. The summed E-state index contributed by atoms with van der Waals surface area (Å²) in [6.07, 6.45) is 0. The van der Waals surface area contributed by atoms with Crippen molar-refractivity contribution in [2.24, 2.45) is 0 Å². The first kappa shape index (κ1) is 18.0. The van der Waals surface area contributed by atoms with E-state index in [1.54, 1.807) is 36.4 Å². The SMILES string of the molecule is Cc1ccc(NC(=O)CN(C)C(=O)COc2cccc(C#N)c2)cc1. The fourth-order valence-corrected chi connectivity index (χ4v) is 2.05. The van der Waals surface area contributed by atoms with Gasteiger partial charge in [0.25, 0.3) is 5.91 Å². The number of nitrogens with zero attached hydrogens (tertiary/aromatic N) is 2. The van der Waals surface area contributed by atoms with Gasteiger partial charge in [-0.05, 0) is 37.3 Å². The summed E-state index contributed by atoms with van der Waals surface area (Å²) in [5, 5.41) is 11.6. The lowest BCUT2D eigenvalue weighted by Crippen LogP contribution is -2.37. The summed E-state index contributed by atoms with van der Waals surface area (Å²) in [5.74, 6) is -0.183. The average Bonchev–Trinajstić information content (AvgIpc) is 2.61. The largest absolute Gasteiger partial charge is 0.484 e. The zero-order valence-corrected chi connectivity index (χ0v) is 14.2. The van der Waals surface area contributed by atoms with E-state index in [1.807, 2.05) is 25.1 Å². The highest BCUT2D eigenvalue weighted by atomic mass is 16.5. The van der Waals surface area contributed by atoms with Crippen molar-refractivity contribution < 1.29 is 14.3 Å². The van der Waals surface area contributed by atoms with Gasteiger partial charge in [-0.15, -0.1) is 0 Å². The minimum absolute atomic E-state index is 0.0751. The number of nitrogens with one attached hydrogen (secondary N) is 1. The Morgan fingerprint density at radius 3 is 2.60 bits per heavy atom. The first-order valence-electron chi connectivity index (χ1n) is 7.71. The van der Waals surface area contributed by atoms with Crippen LogP contribution in [0.5, 0.6) is 5.75 Å². The van der Waals surface area contributed by atoms with Crippen molar-refractivity contribution in [3.05, 3.63) is 59.7 Å². The third-order valence-electron chi connectivity index (χ3n) is 3.47. The van der Waals surface area contributed by atoms with Gasteiger partial charge in [0.05, 0.1) is 18.2 Å². The molecule has 0 fully saturated rings. The van der Waals surface area contributed by atoms with Gasteiger partial charge < -0.3 is 15.0 Å². The molecule has 6 nitrogen and oxygen atoms in total. The molecule has 0 bridgehead atoms. The number of carbonyl (C=O) groups excluding carboxylic acids is 2. The Labute approximate surface area is 146 Å². The summed E-state index contributed by atoms with van der Waals surface area (Å²) < 4.78 is 5.37. The summed E-state index contributed by atoms with van der Waals surface area (Å²) in [5.41, 5.74) is 2.24. The van der Waals surface area contributed by atoms with E-state index in [-0.39, 0.29) is 25.0 Å². The first-order valence-corrected chi connectivity index (χ1v) is 7.71. The van der Waals surface area contributed by atoms with Crippen molar-refractivity contribution in [3.63, 3.8) is 0 Å².